The Morgan fingerprint density at radius 2 is 1.13 bits per heavy atom. The molecular weight excluding hydrogens is 544 g/mol. The topological polar surface area (TPSA) is 8.17 Å². The summed E-state index contributed by atoms with van der Waals surface area (Å²) in [7, 11) is 0. The van der Waals surface area contributed by atoms with E-state index in [0.717, 1.165) is 11.4 Å². The number of para-hydroxylation sites is 2. The Labute approximate surface area is 263 Å². The van der Waals surface area contributed by atoms with Crippen LogP contribution in [0.3, 0.4) is 0 Å². The first-order valence-electron chi connectivity index (χ1n) is 15.7. The number of nitrogens with zero attached hydrogens (tertiary/aromatic N) is 2. The average molecular weight is 577 g/mol. The maximum atomic E-state index is 2.49. The molecule has 2 heterocycles. The number of fused-ring (bicyclic) bond motifs is 6. The molecule has 0 N–H and O–H groups in total. The zero-order chi connectivity index (χ0) is 30.1. The quantitative estimate of drug-likeness (QED) is 0.202. The molecule has 0 amide bonds. The van der Waals surface area contributed by atoms with Gasteiger partial charge in [-0.3, -0.25) is 0 Å². The first-order chi connectivity index (χ1) is 22.1. The van der Waals surface area contributed by atoms with Gasteiger partial charge in [0.25, 0.3) is 0 Å². The SMILES string of the molecule is CC1(C)c2ccccc2-n2c3ccc(N(c4ccc(-c5ccccc5)cc4)c4cccc5ccccc45)cc3c3cccc1c32. The molecule has 0 unspecified atom stereocenters. The van der Waals surface area contributed by atoms with Crippen LogP contribution in [-0.4, -0.2) is 4.57 Å². The summed E-state index contributed by atoms with van der Waals surface area (Å²) < 4.78 is 2.49. The van der Waals surface area contributed by atoms with Crippen LogP contribution in [0, 0.1) is 0 Å². The van der Waals surface area contributed by atoms with Crippen LogP contribution in [0.1, 0.15) is 25.0 Å². The Hall–Kier alpha value is -5.60. The maximum Gasteiger partial charge on any atom is 0.0582 e. The zero-order valence-electron chi connectivity index (χ0n) is 25.4. The van der Waals surface area contributed by atoms with Crippen LogP contribution in [0.25, 0.3) is 49.4 Å². The fourth-order valence-corrected chi connectivity index (χ4v) is 7.56. The normalized spacial score (nSPS) is 13.3. The molecule has 214 valence electrons. The number of aromatic nitrogens is 1. The molecule has 8 aromatic rings. The number of benzene rings is 7. The summed E-state index contributed by atoms with van der Waals surface area (Å²) in [5.74, 6) is 0. The number of hydrogen-bond acceptors (Lipinski definition) is 1. The summed E-state index contributed by atoms with van der Waals surface area (Å²) in [5.41, 5.74) is 12.4. The molecule has 1 aliphatic heterocycles. The minimum Gasteiger partial charge on any atom is -0.310 e. The van der Waals surface area contributed by atoms with Crippen LogP contribution >= 0.6 is 0 Å². The average Bonchev–Trinajstić information content (AvgIpc) is 3.43. The summed E-state index contributed by atoms with van der Waals surface area (Å²) in [5, 5.41) is 5.02. The van der Waals surface area contributed by atoms with E-state index in [-0.39, 0.29) is 5.41 Å². The Kier molecular flexibility index (Phi) is 5.58. The predicted octanol–water partition coefficient (Wildman–Crippen LogP) is 11.7. The first-order valence-corrected chi connectivity index (χ1v) is 15.7. The van der Waals surface area contributed by atoms with Gasteiger partial charge in [0.1, 0.15) is 0 Å². The van der Waals surface area contributed by atoms with Crippen LogP contribution in [-0.2, 0) is 5.41 Å². The lowest BCUT2D eigenvalue weighted by atomic mass is 9.75. The third kappa shape index (κ3) is 3.82. The highest BCUT2D eigenvalue weighted by atomic mass is 15.1. The van der Waals surface area contributed by atoms with Gasteiger partial charge in [-0.25, -0.2) is 0 Å². The van der Waals surface area contributed by atoms with Gasteiger partial charge in [0.05, 0.1) is 22.4 Å². The molecule has 9 rings (SSSR count). The van der Waals surface area contributed by atoms with E-state index in [1.807, 2.05) is 0 Å². The lowest BCUT2D eigenvalue weighted by Gasteiger charge is -2.34. The van der Waals surface area contributed by atoms with Crippen molar-refractivity contribution in [2.45, 2.75) is 19.3 Å². The highest BCUT2D eigenvalue weighted by molar-refractivity contribution is 6.13. The van der Waals surface area contributed by atoms with Crippen molar-refractivity contribution in [1.29, 1.82) is 0 Å². The van der Waals surface area contributed by atoms with Gasteiger partial charge in [-0.15, -0.1) is 0 Å². The molecule has 0 saturated carbocycles. The van der Waals surface area contributed by atoms with E-state index in [1.54, 1.807) is 0 Å². The van der Waals surface area contributed by atoms with Crippen LogP contribution in [0.4, 0.5) is 17.1 Å². The van der Waals surface area contributed by atoms with Crippen molar-refractivity contribution in [1.82, 2.24) is 4.57 Å². The number of hydrogen-bond donors (Lipinski definition) is 0. The monoisotopic (exact) mass is 576 g/mol. The molecule has 0 bridgehead atoms. The van der Waals surface area contributed by atoms with Crippen molar-refractivity contribution in [3.63, 3.8) is 0 Å². The van der Waals surface area contributed by atoms with Crippen LogP contribution in [0.15, 0.2) is 158 Å². The van der Waals surface area contributed by atoms with E-state index in [9.17, 15) is 0 Å². The second kappa shape index (κ2) is 9.70. The Balaban J connectivity index is 1.30. The molecule has 2 heteroatoms. The van der Waals surface area contributed by atoms with Crippen LogP contribution < -0.4 is 4.90 Å². The van der Waals surface area contributed by atoms with Crippen molar-refractivity contribution in [2.75, 3.05) is 4.90 Å². The Morgan fingerprint density at radius 3 is 2.00 bits per heavy atom. The lowest BCUT2D eigenvalue weighted by molar-refractivity contribution is 0.630. The predicted molar refractivity (Wildman–Crippen MR) is 191 cm³/mol. The summed E-state index contributed by atoms with van der Waals surface area (Å²) in [6.07, 6.45) is 0. The minimum atomic E-state index is -0.0845. The summed E-state index contributed by atoms with van der Waals surface area (Å²) >= 11 is 0. The molecule has 0 radical (unpaired) electrons. The van der Waals surface area contributed by atoms with Crippen molar-refractivity contribution in [2.24, 2.45) is 0 Å². The van der Waals surface area contributed by atoms with Crippen molar-refractivity contribution in [3.8, 4) is 16.8 Å². The standard InChI is InChI=1S/C43H32N2/c1-43(2)37-18-8-9-20-41(37)45-40-27-26-33(28-36(40)35-17-11-19-38(43)42(35)45)44(39-21-10-15-31-14-6-7-16-34(31)39)32-24-22-30(23-25-32)29-12-4-3-5-13-29/h3-28H,1-2H3. The Bertz CT molecular complexity index is 2390. The molecule has 1 aromatic heterocycles. The first kappa shape index (κ1) is 25.9. The van der Waals surface area contributed by atoms with E-state index in [2.05, 4.69) is 181 Å². The fourth-order valence-electron chi connectivity index (χ4n) is 7.56. The molecule has 7 aromatic carbocycles. The van der Waals surface area contributed by atoms with Gasteiger partial charge in [-0.05, 0) is 70.1 Å². The van der Waals surface area contributed by atoms with E-state index in [4.69, 9.17) is 0 Å². The molecule has 0 atom stereocenters. The third-order valence-corrected chi connectivity index (χ3v) is 9.76. The van der Waals surface area contributed by atoms with E-state index in [0.29, 0.717) is 0 Å². The molecule has 0 spiro atoms. The highest BCUT2D eigenvalue weighted by Gasteiger charge is 2.34. The molecule has 0 aliphatic carbocycles. The van der Waals surface area contributed by atoms with Gasteiger partial charge in [-0.2, -0.15) is 0 Å². The van der Waals surface area contributed by atoms with Gasteiger partial charge in [0.15, 0.2) is 0 Å². The molecule has 0 fully saturated rings. The third-order valence-electron chi connectivity index (χ3n) is 9.76. The largest absolute Gasteiger partial charge is 0.310 e. The van der Waals surface area contributed by atoms with Crippen molar-refractivity contribution in [3.05, 3.63) is 169 Å². The van der Waals surface area contributed by atoms with Crippen molar-refractivity contribution < 1.29 is 0 Å². The fraction of sp³-hybridized carbons (Fsp3) is 0.0698. The van der Waals surface area contributed by atoms with Crippen molar-refractivity contribution >= 4 is 49.6 Å². The molecular formula is C43H32N2. The van der Waals surface area contributed by atoms with Crippen LogP contribution in [0.2, 0.25) is 0 Å². The van der Waals surface area contributed by atoms with Gasteiger partial charge < -0.3 is 9.47 Å². The highest BCUT2D eigenvalue weighted by Crippen LogP contribution is 2.48. The lowest BCUT2D eigenvalue weighted by Crippen LogP contribution is -2.26. The second-order valence-corrected chi connectivity index (χ2v) is 12.6. The molecule has 1 aliphatic rings. The van der Waals surface area contributed by atoms with Gasteiger partial charge in [-0.1, -0.05) is 129 Å². The molecule has 45 heavy (non-hydrogen) atoms. The van der Waals surface area contributed by atoms with E-state index < -0.39 is 0 Å². The number of anilines is 3. The summed E-state index contributed by atoms with van der Waals surface area (Å²) in [4.78, 5) is 2.42. The van der Waals surface area contributed by atoms with E-state index >= 15 is 0 Å². The zero-order valence-corrected chi connectivity index (χ0v) is 25.4. The summed E-state index contributed by atoms with van der Waals surface area (Å²) in [6, 6.07) is 57.6. The van der Waals surface area contributed by atoms with E-state index in [1.165, 1.54) is 66.2 Å². The molecule has 0 saturated heterocycles. The smallest absolute Gasteiger partial charge is 0.0582 e. The minimum absolute atomic E-state index is 0.0845. The summed E-state index contributed by atoms with van der Waals surface area (Å²) in [6.45, 7) is 4.71. The van der Waals surface area contributed by atoms with Gasteiger partial charge in [0, 0.05) is 32.9 Å². The van der Waals surface area contributed by atoms with Crippen LogP contribution in [0.5, 0.6) is 0 Å². The van der Waals surface area contributed by atoms with Gasteiger partial charge >= 0.3 is 0 Å². The Morgan fingerprint density at radius 1 is 0.489 bits per heavy atom. The second-order valence-electron chi connectivity index (χ2n) is 12.6. The van der Waals surface area contributed by atoms with Gasteiger partial charge in [0.2, 0.25) is 0 Å². The maximum absolute atomic E-state index is 2.49. The number of rotatable bonds is 4. The molecule has 2 nitrogen and oxygen atoms in total.